The summed E-state index contributed by atoms with van der Waals surface area (Å²) in [5.74, 6) is 0.212. The van der Waals surface area contributed by atoms with Crippen LogP contribution in [-0.4, -0.2) is 20.1 Å². The minimum absolute atomic E-state index is 0.105. The van der Waals surface area contributed by atoms with Crippen LogP contribution in [0.5, 0.6) is 5.75 Å². The van der Waals surface area contributed by atoms with Crippen LogP contribution in [0.2, 0.25) is 18.1 Å². The van der Waals surface area contributed by atoms with Crippen LogP contribution in [0.15, 0.2) is 48.5 Å². The summed E-state index contributed by atoms with van der Waals surface area (Å²) in [4.78, 5) is 26.3. The summed E-state index contributed by atoms with van der Waals surface area (Å²) in [7, 11) is -1.92. The molecule has 2 amide bonds. The molecule has 1 aliphatic rings. The number of anilines is 1. The van der Waals surface area contributed by atoms with Crippen molar-refractivity contribution in [1.82, 2.24) is 0 Å². The summed E-state index contributed by atoms with van der Waals surface area (Å²) in [6.45, 7) is 10.9. The van der Waals surface area contributed by atoms with Gasteiger partial charge in [0.15, 0.2) is 0 Å². The SMILES string of the molecule is CC(C)(C)[Si](C)(C)Oc1ccc(N2C(=O)c3ccccc3C2=O)cc1. The fourth-order valence-electron chi connectivity index (χ4n) is 2.53. The van der Waals surface area contributed by atoms with Gasteiger partial charge in [0.05, 0.1) is 16.8 Å². The van der Waals surface area contributed by atoms with Crippen LogP contribution in [0.4, 0.5) is 5.69 Å². The van der Waals surface area contributed by atoms with E-state index in [0.717, 1.165) is 5.75 Å². The summed E-state index contributed by atoms with van der Waals surface area (Å²) in [6, 6.07) is 14.1. The first-order valence-corrected chi connectivity index (χ1v) is 11.3. The molecule has 0 N–H and O–H groups in total. The summed E-state index contributed by atoms with van der Waals surface area (Å²) in [5, 5.41) is 0.105. The second kappa shape index (κ2) is 5.84. The Morgan fingerprint density at radius 3 is 1.76 bits per heavy atom. The molecule has 0 spiro atoms. The highest BCUT2D eigenvalue weighted by molar-refractivity contribution is 6.74. The summed E-state index contributed by atoms with van der Waals surface area (Å²) >= 11 is 0. The van der Waals surface area contributed by atoms with Gasteiger partial charge >= 0.3 is 0 Å². The summed E-state index contributed by atoms with van der Waals surface area (Å²) in [6.07, 6.45) is 0. The maximum absolute atomic E-state index is 12.5. The Morgan fingerprint density at radius 2 is 1.32 bits per heavy atom. The van der Waals surface area contributed by atoms with E-state index in [1.807, 2.05) is 12.1 Å². The number of hydrogen-bond acceptors (Lipinski definition) is 3. The van der Waals surface area contributed by atoms with E-state index in [-0.39, 0.29) is 16.9 Å². The second-order valence-corrected chi connectivity index (χ2v) is 12.6. The molecular weight excluding hydrogens is 330 g/mol. The van der Waals surface area contributed by atoms with E-state index in [0.29, 0.717) is 16.8 Å². The maximum atomic E-state index is 12.5. The highest BCUT2D eigenvalue weighted by Gasteiger charge is 2.39. The predicted molar refractivity (Wildman–Crippen MR) is 102 cm³/mol. The van der Waals surface area contributed by atoms with Gasteiger partial charge in [0.25, 0.3) is 11.8 Å². The predicted octanol–water partition coefficient (Wildman–Crippen LogP) is 4.87. The average Bonchev–Trinajstić information content (AvgIpc) is 2.79. The second-order valence-electron chi connectivity index (χ2n) is 7.85. The normalized spacial score (nSPS) is 14.7. The van der Waals surface area contributed by atoms with Crippen LogP contribution in [0.3, 0.4) is 0 Å². The first kappa shape index (κ1) is 17.4. The fraction of sp³-hybridized carbons (Fsp3) is 0.300. The topological polar surface area (TPSA) is 46.6 Å². The molecule has 0 atom stereocenters. The zero-order valence-corrected chi connectivity index (χ0v) is 16.3. The Labute approximate surface area is 149 Å². The highest BCUT2D eigenvalue weighted by Crippen LogP contribution is 2.38. The van der Waals surface area contributed by atoms with Gasteiger partial charge in [-0.15, -0.1) is 0 Å². The summed E-state index contributed by atoms with van der Waals surface area (Å²) < 4.78 is 6.25. The van der Waals surface area contributed by atoms with Crippen LogP contribution >= 0.6 is 0 Å². The highest BCUT2D eigenvalue weighted by atomic mass is 28.4. The molecular formula is C20H23NO3Si. The Balaban J connectivity index is 1.85. The van der Waals surface area contributed by atoms with Crippen molar-refractivity contribution in [3.05, 3.63) is 59.7 Å². The first-order chi connectivity index (χ1) is 11.6. The minimum atomic E-state index is -1.92. The molecule has 0 saturated heterocycles. The van der Waals surface area contributed by atoms with Crippen molar-refractivity contribution in [3.63, 3.8) is 0 Å². The van der Waals surface area contributed by atoms with E-state index in [2.05, 4.69) is 33.9 Å². The molecule has 130 valence electrons. The Kier molecular flexibility index (Phi) is 4.07. The lowest BCUT2D eigenvalue weighted by Crippen LogP contribution is -2.43. The minimum Gasteiger partial charge on any atom is -0.544 e. The molecule has 4 nitrogen and oxygen atoms in total. The van der Waals surface area contributed by atoms with E-state index >= 15 is 0 Å². The number of carbonyl (C=O) groups is 2. The van der Waals surface area contributed by atoms with Gasteiger partial charge in [0.1, 0.15) is 5.75 Å². The molecule has 0 unspecified atom stereocenters. The third-order valence-corrected chi connectivity index (χ3v) is 9.43. The van der Waals surface area contributed by atoms with Crippen molar-refractivity contribution in [2.45, 2.75) is 38.9 Å². The number of imide groups is 1. The van der Waals surface area contributed by atoms with Crippen molar-refractivity contribution < 1.29 is 14.0 Å². The van der Waals surface area contributed by atoms with E-state index in [1.165, 1.54) is 4.90 Å². The van der Waals surface area contributed by atoms with Gasteiger partial charge in [0, 0.05) is 0 Å². The molecule has 3 rings (SSSR count). The van der Waals surface area contributed by atoms with Crippen LogP contribution in [0, 0.1) is 0 Å². The van der Waals surface area contributed by atoms with Crippen molar-refractivity contribution >= 4 is 25.8 Å². The van der Waals surface area contributed by atoms with Gasteiger partial charge in [-0.25, -0.2) is 4.90 Å². The van der Waals surface area contributed by atoms with Gasteiger partial charge in [0.2, 0.25) is 8.32 Å². The number of rotatable bonds is 3. The average molecular weight is 353 g/mol. The van der Waals surface area contributed by atoms with Crippen LogP contribution in [-0.2, 0) is 0 Å². The standard InChI is InChI=1S/C20H23NO3Si/c1-20(2,3)25(4,5)24-15-12-10-14(11-13-15)21-18(22)16-8-6-7-9-17(16)19(21)23/h6-13H,1-5H3. The van der Waals surface area contributed by atoms with Crippen molar-refractivity contribution in [2.24, 2.45) is 0 Å². The van der Waals surface area contributed by atoms with Crippen molar-refractivity contribution in [3.8, 4) is 5.75 Å². The largest absolute Gasteiger partial charge is 0.544 e. The van der Waals surface area contributed by atoms with E-state index in [4.69, 9.17) is 4.43 Å². The quantitative estimate of drug-likeness (QED) is 0.584. The molecule has 1 aliphatic heterocycles. The summed E-state index contributed by atoms with van der Waals surface area (Å²) in [5.41, 5.74) is 1.47. The number of fused-ring (bicyclic) bond motifs is 1. The van der Waals surface area contributed by atoms with E-state index < -0.39 is 8.32 Å². The lowest BCUT2D eigenvalue weighted by atomic mass is 10.1. The Morgan fingerprint density at radius 1 is 0.840 bits per heavy atom. The van der Waals surface area contributed by atoms with Gasteiger partial charge in [-0.05, 0) is 54.5 Å². The third-order valence-electron chi connectivity index (χ3n) is 5.07. The number of amides is 2. The molecule has 0 saturated carbocycles. The van der Waals surface area contributed by atoms with Gasteiger partial charge < -0.3 is 4.43 Å². The van der Waals surface area contributed by atoms with Crippen molar-refractivity contribution in [2.75, 3.05) is 4.90 Å². The molecule has 1 heterocycles. The number of benzene rings is 2. The lowest BCUT2D eigenvalue weighted by Gasteiger charge is -2.36. The fourth-order valence-corrected chi connectivity index (χ4v) is 3.57. The maximum Gasteiger partial charge on any atom is 0.266 e. The van der Waals surface area contributed by atoms with Crippen LogP contribution in [0.1, 0.15) is 41.5 Å². The molecule has 0 bridgehead atoms. The van der Waals surface area contributed by atoms with E-state index in [9.17, 15) is 9.59 Å². The smallest absolute Gasteiger partial charge is 0.266 e. The van der Waals surface area contributed by atoms with E-state index in [1.54, 1.807) is 36.4 Å². The molecule has 0 radical (unpaired) electrons. The molecule has 5 heteroatoms. The molecule has 2 aromatic carbocycles. The molecule has 0 aromatic heterocycles. The van der Waals surface area contributed by atoms with Crippen molar-refractivity contribution in [1.29, 1.82) is 0 Å². The third kappa shape index (κ3) is 3.00. The Bertz CT molecular complexity index is 800. The number of nitrogens with zero attached hydrogens (tertiary/aromatic N) is 1. The van der Waals surface area contributed by atoms with Crippen LogP contribution < -0.4 is 9.33 Å². The monoisotopic (exact) mass is 353 g/mol. The molecule has 25 heavy (non-hydrogen) atoms. The number of carbonyl (C=O) groups excluding carboxylic acids is 2. The van der Waals surface area contributed by atoms with Gasteiger partial charge in [-0.2, -0.15) is 0 Å². The first-order valence-electron chi connectivity index (χ1n) is 8.39. The van der Waals surface area contributed by atoms with Gasteiger partial charge in [-0.1, -0.05) is 32.9 Å². The Hall–Kier alpha value is -2.40. The molecule has 2 aromatic rings. The zero-order chi connectivity index (χ0) is 18.4. The molecule has 0 fully saturated rings. The van der Waals surface area contributed by atoms with Gasteiger partial charge in [-0.3, -0.25) is 9.59 Å². The van der Waals surface area contributed by atoms with Crippen LogP contribution in [0.25, 0.3) is 0 Å². The lowest BCUT2D eigenvalue weighted by molar-refractivity contribution is 0.0926. The number of hydrogen-bond donors (Lipinski definition) is 0. The zero-order valence-electron chi connectivity index (χ0n) is 15.3. The molecule has 0 aliphatic carbocycles.